The topological polar surface area (TPSA) is 74.6 Å². The Bertz CT molecular complexity index is 897. The van der Waals surface area contributed by atoms with Gasteiger partial charge in [0.15, 0.2) is 5.96 Å². The third-order valence-electron chi connectivity index (χ3n) is 5.16. The van der Waals surface area contributed by atoms with Crippen LogP contribution in [0, 0.1) is 6.92 Å². The zero-order valence-electron chi connectivity index (χ0n) is 17.1. The summed E-state index contributed by atoms with van der Waals surface area (Å²) in [5, 5.41) is 7.54. The van der Waals surface area contributed by atoms with E-state index in [1.54, 1.807) is 25.4 Å². The maximum Gasteiger partial charge on any atom is 0.250 e. The summed E-state index contributed by atoms with van der Waals surface area (Å²) in [7, 11) is 1.78. The number of nitrogens with zero attached hydrogens (tertiary/aromatic N) is 4. The van der Waals surface area contributed by atoms with Crippen LogP contribution in [0.3, 0.4) is 0 Å². The fourth-order valence-electron chi connectivity index (χ4n) is 3.58. The fraction of sp³-hybridized carbons (Fsp3) is 0.476. The van der Waals surface area contributed by atoms with Gasteiger partial charge in [-0.25, -0.2) is 4.98 Å². The van der Waals surface area contributed by atoms with Gasteiger partial charge in [0.2, 0.25) is 0 Å². The average molecular weight is 417 g/mol. The lowest BCUT2D eigenvalue weighted by atomic mass is 10.2. The zero-order chi connectivity index (χ0) is 20.6. The number of halogens is 1. The minimum Gasteiger partial charge on any atom is -0.356 e. The van der Waals surface area contributed by atoms with E-state index in [4.69, 9.17) is 11.6 Å². The van der Waals surface area contributed by atoms with E-state index >= 15 is 0 Å². The van der Waals surface area contributed by atoms with Gasteiger partial charge < -0.3 is 20.1 Å². The number of nitrogens with one attached hydrogen (secondary N) is 2. The van der Waals surface area contributed by atoms with Crippen LogP contribution < -0.4 is 21.1 Å². The van der Waals surface area contributed by atoms with Crippen LogP contribution in [0.4, 0.5) is 5.82 Å². The first-order chi connectivity index (χ1) is 14.1. The lowest BCUT2D eigenvalue weighted by molar-refractivity contribution is 0.571. The van der Waals surface area contributed by atoms with Gasteiger partial charge in [-0.2, -0.15) is 0 Å². The highest BCUT2D eigenvalue weighted by atomic mass is 35.5. The van der Waals surface area contributed by atoms with E-state index in [9.17, 15) is 4.79 Å². The quantitative estimate of drug-likeness (QED) is 0.412. The maximum atomic E-state index is 11.9. The third kappa shape index (κ3) is 5.73. The Labute approximate surface area is 176 Å². The highest BCUT2D eigenvalue weighted by Crippen LogP contribution is 2.25. The molecule has 1 aliphatic rings. The molecule has 1 unspecified atom stereocenters. The molecule has 2 aromatic rings. The van der Waals surface area contributed by atoms with Gasteiger partial charge in [-0.1, -0.05) is 17.7 Å². The van der Waals surface area contributed by atoms with Crippen LogP contribution in [0.1, 0.15) is 25.0 Å². The second-order valence-corrected chi connectivity index (χ2v) is 7.66. The molecule has 29 heavy (non-hydrogen) atoms. The number of anilines is 1. The van der Waals surface area contributed by atoms with E-state index in [-0.39, 0.29) is 5.56 Å². The van der Waals surface area contributed by atoms with Crippen molar-refractivity contribution in [1.29, 1.82) is 0 Å². The van der Waals surface area contributed by atoms with Crippen LogP contribution in [-0.2, 0) is 6.54 Å². The Hall–Kier alpha value is -2.54. The first-order valence-corrected chi connectivity index (χ1v) is 10.5. The Balaban J connectivity index is 1.40. The molecule has 2 N–H and O–H groups in total. The molecule has 1 fully saturated rings. The monoisotopic (exact) mass is 416 g/mol. The van der Waals surface area contributed by atoms with Gasteiger partial charge in [0, 0.05) is 57.2 Å². The number of hydrogen-bond acceptors (Lipinski definition) is 4. The molecule has 3 heterocycles. The summed E-state index contributed by atoms with van der Waals surface area (Å²) in [6, 6.07) is 9.39. The summed E-state index contributed by atoms with van der Waals surface area (Å²) in [5.41, 5.74) is 1.07. The van der Waals surface area contributed by atoms with Crippen LogP contribution in [0.25, 0.3) is 0 Å². The summed E-state index contributed by atoms with van der Waals surface area (Å²) < 4.78 is 1.82. The Kier molecular flexibility index (Phi) is 7.52. The lowest BCUT2D eigenvalue weighted by Gasteiger charge is -2.20. The molecule has 1 aliphatic heterocycles. The predicted octanol–water partition coefficient (Wildman–Crippen LogP) is 2.43. The van der Waals surface area contributed by atoms with Gasteiger partial charge in [0.1, 0.15) is 5.82 Å². The molecule has 7 nitrogen and oxygen atoms in total. The fourth-order valence-corrected chi connectivity index (χ4v) is 3.82. The molecule has 1 saturated heterocycles. The minimum absolute atomic E-state index is 0.0641. The number of pyridine rings is 2. The second-order valence-electron chi connectivity index (χ2n) is 7.25. The molecule has 0 spiro atoms. The normalized spacial score (nSPS) is 16.9. The number of unbranched alkanes of at least 4 members (excludes halogenated alkanes) is 1. The highest BCUT2D eigenvalue weighted by Gasteiger charge is 2.25. The summed E-state index contributed by atoms with van der Waals surface area (Å²) in [6.45, 7) is 5.27. The van der Waals surface area contributed by atoms with E-state index < -0.39 is 0 Å². The van der Waals surface area contributed by atoms with Gasteiger partial charge in [-0.05, 0) is 44.4 Å². The van der Waals surface area contributed by atoms with Crippen molar-refractivity contribution in [2.45, 2.75) is 38.8 Å². The molecule has 0 bridgehead atoms. The molecule has 156 valence electrons. The van der Waals surface area contributed by atoms with E-state index in [1.807, 2.05) is 29.7 Å². The Morgan fingerprint density at radius 2 is 2.17 bits per heavy atom. The zero-order valence-corrected chi connectivity index (χ0v) is 17.8. The van der Waals surface area contributed by atoms with Crippen molar-refractivity contribution in [3.63, 3.8) is 0 Å². The molecular weight excluding hydrogens is 388 g/mol. The van der Waals surface area contributed by atoms with E-state index in [2.05, 4.69) is 25.5 Å². The number of aryl methyl sites for hydroxylation is 1. The first kappa shape index (κ1) is 21.2. The summed E-state index contributed by atoms with van der Waals surface area (Å²) in [6.07, 6.45) is 4.67. The number of rotatable bonds is 7. The largest absolute Gasteiger partial charge is 0.356 e. The van der Waals surface area contributed by atoms with Gasteiger partial charge in [0.05, 0.1) is 5.02 Å². The standard InChI is InChI=1S/C21H29ClN6O/c1-16-7-5-9-19(29)28(16)13-4-3-11-25-21(23-2)26-17-10-14-27(15-17)20-18(22)8-6-12-24-20/h5-9,12,17H,3-4,10-11,13-15H2,1-2H3,(H2,23,25,26). The molecule has 0 aliphatic carbocycles. The van der Waals surface area contributed by atoms with Gasteiger partial charge in [-0.3, -0.25) is 9.79 Å². The maximum absolute atomic E-state index is 11.9. The molecule has 0 saturated carbocycles. The van der Waals surface area contributed by atoms with Crippen LogP contribution in [-0.4, -0.2) is 48.2 Å². The smallest absolute Gasteiger partial charge is 0.250 e. The molecule has 2 aromatic heterocycles. The number of aromatic nitrogens is 2. The Morgan fingerprint density at radius 3 is 2.93 bits per heavy atom. The molecular formula is C21H29ClN6O. The van der Waals surface area contributed by atoms with E-state index in [0.29, 0.717) is 11.1 Å². The van der Waals surface area contributed by atoms with Crippen molar-refractivity contribution in [2.75, 3.05) is 31.6 Å². The van der Waals surface area contributed by atoms with Crippen molar-refractivity contribution in [3.8, 4) is 0 Å². The van der Waals surface area contributed by atoms with Crippen LogP contribution in [0.2, 0.25) is 5.02 Å². The molecule has 1 atom stereocenters. The van der Waals surface area contributed by atoms with Crippen molar-refractivity contribution < 1.29 is 0 Å². The Morgan fingerprint density at radius 1 is 1.31 bits per heavy atom. The average Bonchev–Trinajstić information content (AvgIpc) is 3.17. The van der Waals surface area contributed by atoms with Crippen molar-refractivity contribution in [3.05, 3.63) is 57.6 Å². The molecule has 0 amide bonds. The predicted molar refractivity (Wildman–Crippen MR) is 119 cm³/mol. The minimum atomic E-state index is 0.0641. The number of aliphatic imine (C=N–C) groups is 1. The molecule has 3 rings (SSSR count). The van der Waals surface area contributed by atoms with Crippen molar-refractivity contribution in [1.82, 2.24) is 20.2 Å². The third-order valence-corrected chi connectivity index (χ3v) is 5.46. The summed E-state index contributed by atoms with van der Waals surface area (Å²) in [5.74, 6) is 1.64. The van der Waals surface area contributed by atoms with Crippen LogP contribution in [0.15, 0.2) is 46.3 Å². The van der Waals surface area contributed by atoms with Crippen LogP contribution >= 0.6 is 11.6 Å². The second kappa shape index (κ2) is 10.3. The van der Waals surface area contributed by atoms with E-state index in [1.165, 1.54) is 0 Å². The molecule has 8 heteroatoms. The lowest BCUT2D eigenvalue weighted by Crippen LogP contribution is -2.45. The van der Waals surface area contributed by atoms with Gasteiger partial charge in [0.25, 0.3) is 5.56 Å². The SMILES string of the molecule is CN=C(NCCCCn1c(C)cccc1=O)NC1CCN(c2ncccc2Cl)C1. The highest BCUT2D eigenvalue weighted by molar-refractivity contribution is 6.32. The number of guanidine groups is 1. The molecule has 0 radical (unpaired) electrons. The van der Waals surface area contributed by atoms with E-state index in [0.717, 1.165) is 62.9 Å². The van der Waals surface area contributed by atoms with Gasteiger partial charge >= 0.3 is 0 Å². The number of hydrogen-bond donors (Lipinski definition) is 2. The molecule has 0 aromatic carbocycles. The van der Waals surface area contributed by atoms with Crippen molar-refractivity contribution >= 4 is 23.4 Å². The van der Waals surface area contributed by atoms with Crippen molar-refractivity contribution in [2.24, 2.45) is 4.99 Å². The van der Waals surface area contributed by atoms with Gasteiger partial charge in [-0.15, -0.1) is 0 Å². The summed E-state index contributed by atoms with van der Waals surface area (Å²) >= 11 is 6.27. The van der Waals surface area contributed by atoms with Crippen LogP contribution in [0.5, 0.6) is 0 Å². The first-order valence-electron chi connectivity index (χ1n) is 10.1. The summed E-state index contributed by atoms with van der Waals surface area (Å²) in [4.78, 5) is 22.8.